The van der Waals surface area contributed by atoms with Crippen LogP contribution in [0.3, 0.4) is 0 Å². The van der Waals surface area contributed by atoms with Crippen molar-refractivity contribution in [3.05, 3.63) is 30.1 Å². The number of fused-ring (bicyclic) bond motifs is 1. The summed E-state index contributed by atoms with van der Waals surface area (Å²) >= 11 is 0. The van der Waals surface area contributed by atoms with Crippen LogP contribution in [0.2, 0.25) is 0 Å². The van der Waals surface area contributed by atoms with Gasteiger partial charge in [0.05, 0.1) is 0 Å². The molecule has 2 rings (SSSR count). The van der Waals surface area contributed by atoms with Crippen LogP contribution in [0, 0.1) is 6.92 Å². The van der Waals surface area contributed by atoms with E-state index >= 15 is 0 Å². The summed E-state index contributed by atoms with van der Waals surface area (Å²) in [6.07, 6.45) is 3.31. The average molecular weight is 175 g/mol. The predicted molar refractivity (Wildman–Crippen MR) is 49.8 cm³/mol. The zero-order chi connectivity index (χ0) is 9.42. The Kier molecular flexibility index (Phi) is 1.59. The van der Waals surface area contributed by atoms with Crippen molar-refractivity contribution in [2.75, 3.05) is 0 Å². The fourth-order valence-electron chi connectivity index (χ4n) is 1.41. The molecule has 2 N–H and O–H groups in total. The molecule has 0 atom stereocenters. The van der Waals surface area contributed by atoms with Gasteiger partial charge in [-0.05, 0) is 24.6 Å². The standard InChI is InChI=1S/C10H9NO2/c1-6-4-11-5-7-2-3-8(12)10(13)9(6)7/h2-5,12-13H,1H3. The summed E-state index contributed by atoms with van der Waals surface area (Å²) in [6.45, 7) is 1.84. The molecule has 13 heavy (non-hydrogen) atoms. The highest BCUT2D eigenvalue weighted by Crippen LogP contribution is 2.34. The Hall–Kier alpha value is -1.77. The number of nitrogens with zero attached hydrogens (tertiary/aromatic N) is 1. The van der Waals surface area contributed by atoms with Crippen LogP contribution in [0.15, 0.2) is 24.5 Å². The van der Waals surface area contributed by atoms with E-state index in [1.54, 1.807) is 18.5 Å². The molecule has 1 aromatic carbocycles. The second-order valence-corrected chi connectivity index (χ2v) is 2.99. The summed E-state index contributed by atoms with van der Waals surface area (Å²) in [6, 6.07) is 3.18. The van der Waals surface area contributed by atoms with Gasteiger partial charge in [0.15, 0.2) is 11.5 Å². The highest BCUT2D eigenvalue weighted by atomic mass is 16.3. The molecule has 0 saturated heterocycles. The van der Waals surface area contributed by atoms with Crippen molar-refractivity contribution < 1.29 is 10.2 Å². The normalized spacial score (nSPS) is 10.5. The molecule has 0 aliphatic heterocycles. The second kappa shape index (κ2) is 2.62. The minimum absolute atomic E-state index is 0.0719. The molecule has 0 spiro atoms. The highest BCUT2D eigenvalue weighted by molar-refractivity contribution is 5.92. The fourth-order valence-corrected chi connectivity index (χ4v) is 1.41. The Bertz CT molecular complexity index is 466. The zero-order valence-electron chi connectivity index (χ0n) is 7.15. The fraction of sp³-hybridized carbons (Fsp3) is 0.100. The Labute approximate surface area is 75.3 Å². The zero-order valence-corrected chi connectivity index (χ0v) is 7.15. The van der Waals surface area contributed by atoms with Crippen molar-refractivity contribution in [1.82, 2.24) is 4.98 Å². The summed E-state index contributed by atoms with van der Waals surface area (Å²) < 4.78 is 0. The number of aromatic nitrogens is 1. The van der Waals surface area contributed by atoms with E-state index in [2.05, 4.69) is 4.98 Å². The summed E-state index contributed by atoms with van der Waals surface area (Å²) in [5, 5.41) is 20.3. The van der Waals surface area contributed by atoms with E-state index in [1.165, 1.54) is 6.07 Å². The van der Waals surface area contributed by atoms with E-state index < -0.39 is 0 Å². The van der Waals surface area contributed by atoms with Gasteiger partial charge in [0, 0.05) is 23.2 Å². The number of hydrogen-bond donors (Lipinski definition) is 2. The molecule has 3 nitrogen and oxygen atoms in total. The molecular formula is C10H9NO2. The molecule has 0 aliphatic carbocycles. The maximum absolute atomic E-state index is 9.56. The monoisotopic (exact) mass is 175 g/mol. The molecule has 0 bridgehead atoms. The molecule has 0 aliphatic rings. The van der Waals surface area contributed by atoms with Crippen molar-refractivity contribution in [2.45, 2.75) is 6.92 Å². The van der Waals surface area contributed by atoms with Gasteiger partial charge in [0.25, 0.3) is 0 Å². The Morgan fingerprint density at radius 3 is 2.69 bits per heavy atom. The van der Waals surface area contributed by atoms with E-state index in [0.29, 0.717) is 5.39 Å². The summed E-state index contributed by atoms with van der Waals surface area (Å²) in [5.41, 5.74) is 0.853. The van der Waals surface area contributed by atoms with E-state index in [-0.39, 0.29) is 11.5 Å². The third kappa shape index (κ3) is 1.09. The van der Waals surface area contributed by atoms with Crippen molar-refractivity contribution in [3.8, 4) is 11.5 Å². The Morgan fingerprint density at radius 2 is 1.92 bits per heavy atom. The van der Waals surface area contributed by atoms with Crippen LogP contribution >= 0.6 is 0 Å². The molecule has 0 saturated carbocycles. The van der Waals surface area contributed by atoms with Crippen LogP contribution in [0.1, 0.15) is 5.56 Å². The van der Waals surface area contributed by atoms with E-state index in [9.17, 15) is 10.2 Å². The van der Waals surface area contributed by atoms with Gasteiger partial charge in [0.2, 0.25) is 0 Å². The molecule has 0 unspecified atom stereocenters. The van der Waals surface area contributed by atoms with Crippen molar-refractivity contribution in [2.24, 2.45) is 0 Å². The number of phenolic OH excluding ortho intramolecular Hbond substituents is 2. The average Bonchev–Trinajstić information content (AvgIpc) is 2.12. The van der Waals surface area contributed by atoms with Gasteiger partial charge in [-0.15, -0.1) is 0 Å². The SMILES string of the molecule is Cc1cncc2ccc(O)c(O)c12. The maximum atomic E-state index is 9.56. The highest BCUT2D eigenvalue weighted by Gasteiger charge is 2.06. The molecular weight excluding hydrogens is 166 g/mol. The first-order valence-corrected chi connectivity index (χ1v) is 3.95. The first kappa shape index (κ1) is 7.86. The summed E-state index contributed by atoms with van der Waals surface area (Å²) in [5.74, 6) is -0.167. The number of aromatic hydroxyl groups is 2. The number of phenols is 2. The lowest BCUT2D eigenvalue weighted by atomic mass is 10.1. The Balaban J connectivity index is 2.97. The van der Waals surface area contributed by atoms with E-state index in [0.717, 1.165) is 10.9 Å². The molecule has 0 radical (unpaired) electrons. The quantitative estimate of drug-likeness (QED) is 0.602. The number of hydrogen-bond acceptors (Lipinski definition) is 3. The van der Waals surface area contributed by atoms with Gasteiger partial charge < -0.3 is 10.2 Å². The molecule has 66 valence electrons. The van der Waals surface area contributed by atoms with Crippen molar-refractivity contribution in [3.63, 3.8) is 0 Å². The largest absolute Gasteiger partial charge is 0.504 e. The maximum Gasteiger partial charge on any atom is 0.165 e. The van der Waals surface area contributed by atoms with Crippen LogP contribution in [-0.4, -0.2) is 15.2 Å². The molecule has 0 amide bonds. The molecule has 1 aromatic heterocycles. The van der Waals surface area contributed by atoms with Gasteiger partial charge in [-0.1, -0.05) is 0 Å². The minimum Gasteiger partial charge on any atom is -0.504 e. The Morgan fingerprint density at radius 1 is 1.15 bits per heavy atom. The lowest BCUT2D eigenvalue weighted by Gasteiger charge is -2.04. The van der Waals surface area contributed by atoms with Gasteiger partial charge >= 0.3 is 0 Å². The molecule has 2 aromatic rings. The summed E-state index contributed by atoms with van der Waals surface area (Å²) in [4.78, 5) is 3.99. The molecule has 1 heterocycles. The number of rotatable bonds is 0. The molecule has 3 heteroatoms. The third-order valence-corrected chi connectivity index (χ3v) is 2.07. The van der Waals surface area contributed by atoms with Crippen LogP contribution in [-0.2, 0) is 0 Å². The first-order valence-electron chi connectivity index (χ1n) is 3.95. The van der Waals surface area contributed by atoms with Gasteiger partial charge in [0.1, 0.15) is 0 Å². The van der Waals surface area contributed by atoms with E-state index in [4.69, 9.17) is 0 Å². The topological polar surface area (TPSA) is 53.4 Å². The van der Waals surface area contributed by atoms with Crippen LogP contribution < -0.4 is 0 Å². The number of aryl methyl sites for hydroxylation is 1. The van der Waals surface area contributed by atoms with Crippen molar-refractivity contribution in [1.29, 1.82) is 0 Å². The predicted octanol–water partition coefficient (Wildman–Crippen LogP) is 1.95. The van der Waals surface area contributed by atoms with Gasteiger partial charge in [-0.25, -0.2) is 0 Å². The number of pyridine rings is 1. The number of benzene rings is 1. The second-order valence-electron chi connectivity index (χ2n) is 2.99. The van der Waals surface area contributed by atoms with E-state index in [1.807, 2.05) is 6.92 Å². The van der Waals surface area contributed by atoms with Crippen LogP contribution in [0.5, 0.6) is 11.5 Å². The lowest BCUT2D eigenvalue weighted by Crippen LogP contribution is -1.82. The van der Waals surface area contributed by atoms with Gasteiger partial charge in [-0.3, -0.25) is 4.98 Å². The third-order valence-electron chi connectivity index (χ3n) is 2.07. The summed E-state index contributed by atoms with van der Waals surface area (Å²) in [7, 11) is 0. The first-order chi connectivity index (χ1) is 6.20. The molecule has 0 fully saturated rings. The minimum atomic E-state index is -0.0956. The van der Waals surface area contributed by atoms with Crippen LogP contribution in [0.4, 0.5) is 0 Å². The van der Waals surface area contributed by atoms with Crippen LogP contribution in [0.25, 0.3) is 10.8 Å². The van der Waals surface area contributed by atoms with Gasteiger partial charge in [-0.2, -0.15) is 0 Å². The lowest BCUT2D eigenvalue weighted by molar-refractivity contribution is 0.408. The smallest absolute Gasteiger partial charge is 0.165 e. The van der Waals surface area contributed by atoms with Crippen molar-refractivity contribution >= 4 is 10.8 Å².